The highest BCUT2D eigenvalue weighted by molar-refractivity contribution is 5.91. The molecular weight excluding hydrogens is 370 g/mol. The molecule has 0 saturated carbocycles. The topological polar surface area (TPSA) is 35.6 Å². The van der Waals surface area contributed by atoms with E-state index in [1.54, 1.807) is 6.08 Å². The number of nitrogens with one attached hydrogen (secondary N) is 1. The Hall–Kier alpha value is -3.21. The summed E-state index contributed by atoms with van der Waals surface area (Å²) in [6, 6.07) is 31.4. The van der Waals surface area contributed by atoms with Crippen LogP contribution in [0.1, 0.15) is 22.7 Å². The highest BCUT2D eigenvalue weighted by Crippen LogP contribution is 2.29. The quantitative estimate of drug-likeness (QED) is 0.635. The molecule has 0 aliphatic carbocycles. The average molecular weight is 398 g/mol. The molecule has 0 bridgehead atoms. The summed E-state index contributed by atoms with van der Waals surface area (Å²) >= 11 is 0. The fraction of sp³-hybridized carbons (Fsp3) is 0.192. The summed E-state index contributed by atoms with van der Waals surface area (Å²) in [6.45, 7) is 3.36. The predicted molar refractivity (Wildman–Crippen MR) is 121 cm³/mol. The van der Waals surface area contributed by atoms with Gasteiger partial charge in [0.05, 0.1) is 6.04 Å². The van der Waals surface area contributed by atoms with Crippen molar-refractivity contribution in [2.75, 3.05) is 26.2 Å². The second kappa shape index (κ2) is 10.0. The molecule has 1 saturated heterocycles. The summed E-state index contributed by atoms with van der Waals surface area (Å²) in [5.41, 5.74) is 6.62. The van der Waals surface area contributed by atoms with Gasteiger partial charge in [0, 0.05) is 32.3 Å². The Labute approximate surface area is 178 Å². The van der Waals surface area contributed by atoms with E-state index < -0.39 is 0 Å². The van der Waals surface area contributed by atoms with Crippen molar-refractivity contribution in [2.45, 2.75) is 6.04 Å². The lowest BCUT2D eigenvalue weighted by atomic mass is 9.96. The number of nitrogens with zero attached hydrogens (tertiary/aromatic N) is 2. The van der Waals surface area contributed by atoms with Gasteiger partial charge in [-0.1, -0.05) is 91.0 Å². The molecule has 0 radical (unpaired) electrons. The Balaban J connectivity index is 1.38. The minimum atomic E-state index is -0.0880. The molecule has 3 aromatic rings. The number of carbonyl (C=O) groups excluding carboxylic acids is 1. The number of piperazine rings is 1. The Kier molecular flexibility index (Phi) is 6.70. The van der Waals surface area contributed by atoms with E-state index in [-0.39, 0.29) is 11.9 Å². The third kappa shape index (κ3) is 5.23. The van der Waals surface area contributed by atoms with Gasteiger partial charge in [-0.05, 0) is 22.8 Å². The van der Waals surface area contributed by atoms with Crippen molar-refractivity contribution < 1.29 is 4.79 Å². The molecule has 0 spiro atoms. The molecule has 1 heterocycles. The number of hydrogen-bond donors (Lipinski definition) is 1. The first-order valence-corrected chi connectivity index (χ1v) is 10.4. The summed E-state index contributed by atoms with van der Waals surface area (Å²) in [7, 11) is 0. The van der Waals surface area contributed by atoms with Crippen LogP contribution in [0.25, 0.3) is 6.08 Å². The molecule has 152 valence electrons. The minimum Gasteiger partial charge on any atom is -0.290 e. The zero-order valence-electron chi connectivity index (χ0n) is 17.0. The number of carbonyl (C=O) groups is 1. The largest absolute Gasteiger partial charge is 0.290 e. The third-order valence-electron chi connectivity index (χ3n) is 5.41. The van der Waals surface area contributed by atoms with Crippen LogP contribution in [0.4, 0.5) is 0 Å². The van der Waals surface area contributed by atoms with E-state index in [0.717, 1.165) is 31.7 Å². The molecule has 0 unspecified atom stereocenters. The van der Waals surface area contributed by atoms with Gasteiger partial charge in [-0.2, -0.15) is 0 Å². The maximum absolute atomic E-state index is 12.3. The second-order valence-electron chi connectivity index (χ2n) is 7.47. The van der Waals surface area contributed by atoms with Gasteiger partial charge in [-0.15, -0.1) is 0 Å². The fourth-order valence-corrected chi connectivity index (χ4v) is 3.91. The van der Waals surface area contributed by atoms with Crippen LogP contribution in [-0.2, 0) is 4.79 Å². The van der Waals surface area contributed by atoms with Gasteiger partial charge >= 0.3 is 0 Å². The smallest absolute Gasteiger partial charge is 0.258 e. The van der Waals surface area contributed by atoms with Crippen molar-refractivity contribution in [1.29, 1.82) is 0 Å². The molecular formula is C26H27N3O. The number of hydrazine groups is 1. The first-order valence-electron chi connectivity index (χ1n) is 10.4. The lowest BCUT2D eigenvalue weighted by Gasteiger charge is -2.39. The molecule has 4 nitrogen and oxygen atoms in total. The van der Waals surface area contributed by atoms with Crippen LogP contribution >= 0.6 is 0 Å². The van der Waals surface area contributed by atoms with Gasteiger partial charge < -0.3 is 0 Å². The van der Waals surface area contributed by atoms with Crippen LogP contribution in [0.5, 0.6) is 0 Å². The zero-order chi connectivity index (χ0) is 20.6. The van der Waals surface area contributed by atoms with Gasteiger partial charge in [-0.3, -0.25) is 15.1 Å². The van der Waals surface area contributed by atoms with Crippen LogP contribution in [0.2, 0.25) is 0 Å². The van der Waals surface area contributed by atoms with E-state index in [1.165, 1.54) is 11.1 Å². The van der Waals surface area contributed by atoms with Crippen LogP contribution in [0, 0.1) is 0 Å². The van der Waals surface area contributed by atoms with Gasteiger partial charge in [-0.25, -0.2) is 5.01 Å². The van der Waals surface area contributed by atoms with E-state index in [4.69, 9.17) is 0 Å². The van der Waals surface area contributed by atoms with Crippen molar-refractivity contribution in [3.63, 3.8) is 0 Å². The van der Waals surface area contributed by atoms with Gasteiger partial charge in [0.15, 0.2) is 0 Å². The number of hydrogen-bond acceptors (Lipinski definition) is 3. The molecule has 0 atom stereocenters. The van der Waals surface area contributed by atoms with Crippen LogP contribution in [-0.4, -0.2) is 42.0 Å². The lowest BCUT2D eigenvalue weighted by molar-refractivity contribution is -0.122. The highest BCUT2D eigenvalue weighted by atomic mass is 16.2. The molecule has 0 aromatic heterocycles. The van der Waals surface area contributed by atoms with Crippen molar-refractivity contribution in [3.05, 3.63) is 114 Å². The molecule has 4 rings (SSSR count). The second-order valence-corrected chi connectivity index (χ2v) is 7.47. The van der Waals surface area contributed by atoms with Crippen LogP contribution in [0.3, 0.4) is 0 Å². The maximum Gasteiger partial charge on any atom is 0.258 e. The van der Waals surface area contributed by atoms with E-state index in [9.17, 15) is 4.79 Å². The molecule has 3 aromatic carbocycles. The standard InChI is InChI=1S/C26H27N3O/c30-25(17-16-22-10-4-1-5-11-22)27-29-20-18-28(19-21-29)26(23-12-6-2-7-13-23)24-14-8-3-9-15-24/h1-17,26H,18-21H2,(H,27,30)/b17-16+. The van der Waals surface area contributed by atoms with Gasteiger partial charge in [0.2, 0.25) is 0 Å². The summed E-state index contributed by atoms with van der Waals surface area (Å²) < 4.78 is 0. The van der Waals surface area contributed by atoms with Crippen molar-refractivity contribution in [1.82, 2.24) is 15.3 Å². The van der Waals surface area contributed by atoms with Crippen molar-refractivity contribution in [3.8, 4) is 0 Å². The molecule has 1 fully saturated rings. The summed E-state index contributed by atoms with van der Waals surface area (Å²) in [5.74, 6) is -0.0880. The average Bonchev–Trinajstić information content (AvgIpc) is 2.81. The summed E-state index contributed by atoms with van der Waals surface area (Å²) in [4.78, 5) is 14.8. The molecule has 1 amide bonds. The van der Waals surface area contributed by atoms with Crippen molar-refractivity contribution in [2.24, 2.45) is 0 Å². The zero-order valence-corrected chi connectivity index (χ0v) is 17.0. The van der Waals surface area contributed by atoms with E-state index in [0.29, 0.717) is 0 Å². The Morgan fingerprint density at radius 2 is 1.23 bits per heavy atom. The monoisotopic (exact) mass is 397 g/mol. The number of amides is 1. The van der Waals surface area contributed by atoms with E-state index in [2.05, 4.69) is 71.0 Å². The first-order chi connectivity index (χ1) is 14.8. The third-order valence-corrected chi connectivity index (χ3v) is 5.41. The molecule has 30 heavy (non-hydrogen) atoms. The van der Waals surface area contributed by atoms with Crippen molar-refractivity contribution >= 4 is 12.0 Å². The first kappa shape index (κ1) is 20.1. The fourth-order valence-electron chi connectivity index (χ4n) is 3.91. The summed E-state index contributed by atoms with van der Waals surface area (Å²) in [6.07, 6.45) is 3.44. The highest BCUT2D eigenvalue weighted by Gasteiger charge is 2.26. The SMILES string of the molecule is O=C(/C=C/c1ccccc1)NN1CCN(C(c2ccccc2)c2ccccc2)CC1. The van der Waals surface area contributed by atoms with E-state index in [1.807, 2.05) is 41.4 Å². The van der Waals surface area contributed by atoms with Gasteiger partial charge in [0.1, 0.15) is 0 Å². The Morgan fingerprint density at radius 1 is 0.733 bits per heavy atom. The molecule has 1 aliphatic rings. The number of rotatable bonds is 6. The Morgan fingerprint density at radius 3 is 1.77 bits per heavy atom. The van der Waals surface area contributed by atoms with Crippen LogP contribution < -0.4 is 5.43 Å². The van der Waals surface area contributed by atoms with Gasteiger partial charge in [0.25, 0.3) is 5.91 Å². The molecule has 4 heteroatoms. The molecule has 1 N–H and O–H groups in total. The minimum absolute atomic E-state index is 0.0880. The lowest BCUT2D eigenvalue weighted by Crippen LogP contribution is -2.54. The number of benzene rings is 3. The maximum atomic E-state index is 12.3. The predicted octanol–water partition coefficient (Wildman–Crippen LogP) is 4.14. The molecule has 1 aliphatic heterocycles. The summed E-state index contributed by atoms with van der Waals surface area (Å²) in [5, 5.41) is 2.02. The van der Waals surface area contributed by atoms with Crippen LogP contribution in [0.15, 0.2) is 97.1 Å². The normalized spacial score (nSPS) is 15.5. The van der Waals surface area contributed by atoms with E-state index >= 15 is 0 Å². The Bertz CT molecular complexity index is 910.